The Labute approximate surface area is 84.3 Å². The number of nitrogens with zero attached hydrogens (tertiary/aromatic N) is 2. The third-order valence-corrected chi connectivity index (χ3v) is 2.42. The predicted octanol–water partition coefficient (Wildman–Crippen LogP) is 2.22. The first-order valence-electron chi connectivity index (χ1n) is 4.14. The van der Waals surface area contributed by atoms with Crippen molar-refractivity contribution < 1.29 is 8.78 Å². The molecule has 0 spiro atoms. The normalized spacial score (nSPS) is 20.5. The first-order valence-corrected chi connectivity index (χ1v) is 4.52. The molecule has 1 fully saturated rings. The van der Waals surface area contributed by atoms with Crippen molar-refractivity contribution in [3.63, 3.8) is 0 Å². The van der Waals surface area contributed by atoms with E-state index in [0.29, 0.717) is 5.69 Å². The van der Waals surface area contributed by atoms with Crippen molar-refractivity contribution >= 4 is 17.4 Å². The van der Waals surface area contributed by atoms with Gasteiger partial charge in [-0.25, -0.2) is 18.7 Å². The maximum Gasteiger partial charge on any atom is 0.249 e. The van der Waals surface area contributed by atoms with Gasteiger partial charge in [0.15, 0.2) is 0 Å². The zero-order valence-electron chi connectivity index (χ0n) is 7.17. The van der Waals surface area contributed by atoms with Crippen molar-refractivity contribution in [2.24, 2.45) is 0 Å². The Morgan fingerprint density at radius 2 is 2.07 bits per heavy atom. The Kier molecular flexibility index (Phi) is 2.06. The van der Waals surface area contributed by atoms with Crippen LogP contribution in [0.15, 0.2) is 6.07 Å². The SMILES string of the molecule is Nc1cc(C2CC(F)(F)C2)nc(Cl)n1. The van der Waals surface area contributed by atoms with Gasteiger partial charge < -0.3 is 5.73 Å². The van der Waals surface area contributed by atoms with Crippen LogP contribution in [0, 0.1) is 0 Å². The van der Waals surface area contributed by atoms with Crippen LogP contribution >= 0.6 is 11.6 Å². The lowest BCUT2D eigenvalue weighted by Crippen LogP contribution is -2.34. The van der Waals surface area contributed by atoms with Crippen LogP contribution in [0.4, 0.5) is 14.6 Å². The molecule has 6 heteroatoms. The maximum atomic E-state index is 12.6. The number of halogens is 3. The van der Waals surface area contributed by atoms with Crippen molar-refractivity contribution in [1.82, 2.24) is 9.97 Å². The summed E-state index contributed by atoms with van der Waals surface area (Å²) in [6.07, 6.45) is -0.362. The second-order valence-corrected chi connectivity index (χ2v) is 3.79. The second kappa shape index (κ2) is 3.02. The van der Waals surface area contributed by atoms with Crippen LogP contribution in [0.3, 0.4) is 0 Å². The highest BCUT2D eigenvalue weighted by molar-refractivity contribution is 6.28. The van der Waals surface area contributed by atoms with Gasteiger partial charge in [0.2, 0.25) is 11.2 Å². The average Bonchev–Trinajstić information content (AvgIpc) is 1.97. The molecule has 2 N–H and O–H groups in total. The zero-order valence-corrected chi connectivity index (χ0v) is 7.93. The number of alkyl halides is 2. The summed E-state index contributed by atoms with van der Waals surface area (Å²) in [6, 6.07) is 1.49. The quantitative estimate of drug-likeness (QED) is 0.737. The summed E-state index contributed by atoms with van der Waals surface area (Å²) < 4.78 is 25.1. The third-order valence-electron chi connectivity index (χ3n) is 2.25. The van der Waals surface area contributed by atoms with E-state index in [4.69, 9.17) is 17.3 Å². The van der Waals surface area contributed by atoms with Gasteiger partial charge >= 0.3 is 0 Å². The van der Waals surface area contributed by atoms with E-state index in [1.54, 1.807) is 0 Å². The Hall–Kier alpha value is -0.970. The van der Waals surface area contributed by atoms with Crippen LogP contribution in [0.25, 0.3) is 0 Å². The minimum Gasteiger partial charge on any atom is -0.384 e. The number of nitrogen functional groups attached to an aromatic ring is 1. The van der Waals surface area contributed by atoms with E-state index in [9.17, 15) is 8.78 Å². The maximum absolute atomic E-state index is 12.6. The molecule has 1 heterocycles. The standard InChI is InChI=1S/C8H8ClF2N3/c9-7-13-5(1-6(12)14-7)4-2-8(10,11)3-4/h1,4H,2-3H2,(H2,12,13,14). The summed E-state index contributed by atoms with van der Waals surface area (Å²) in [4.78, 5) is 7.52. The Balaban J connectivity index is 2.18. The molecule has 0 aromatic carbocycles. The van der Waals surface area contributed by atoms with Crippen molar-refractivity contribution in [3.05, 3.63) is 17.0 Å². The number of rotatable bonds is 1. The molecule has 0 atom stereocenters. The molecule has 1 saturated carbocycles. The molecule has 14 heavy (non-hydrogen) atoms. The van der Waals surface area contributed by atoms with Crippen LogP contribution in [0.2, 0.25) is 5.28 Å². The van der Waals surface area contributed by atoms with Crippen molar-refractivity contribution in [2.45, 2.75) is 24.7 Å². The molecule has 0 aliphatic heterocycles. The summed E-state index contributed by atoms with van der Waals surface area (Å²) in [6.45, 7) is 0. The lowest BCUT2D eigenvalue weighted by molar-refractivity contribution is -0.0876. The number of nitrogens with two attached hydrogens (primary N) is 1. The largest absolute Gasteiger partial charge is 0.384 e. The number of anilines is 1. The van der Waals surface area contributed by atoms with Crippen LogP contribution in [0.1, 0.15) is 24.5 Å². The Bertz CT molecular complexity index is 341. The lowest BCUT2D eigenvalue weighted by Gasteiger charge is -2.34. The Morgan fingerprint density at radius 1 is 1.43 bits per heavy atom. The van der Waals surface area contributed by atoms with E-state index >= 15 is 0 Å². The van der Waals surface area contributed by atoms with Gasteiger partial charge in [0.05, 0.1) is 5.69 Å². The molecule has 0 amide bonds. The number of hydrogen-bond acceptors (Lipinski definition) is 3. The highest BCUT2D eigenvalue weighted by Crippen LogP contribution is 2.47. The molecule has 2 rings (SSSR count). The lowest BCUT2D eigenvalue weighted by atomic mass is 9.79. The second-order valence-electron chi connectivity index (χ2n) is 3.45. The molecule has 3 nitrogen and oxygen atoms in total. The predicted molar refractivity (Wildman–Crippen MR) is 48.4 cm³/mol. The van der Waals surface area contributed by atoms with E-state index in [1.165, 1.54) is 6.07 Å². The molecular formula is C8H8ClF2N3. The van der Waals surface area contributed by atoms with Crippen LogP contribution in [-0.2, 0) is 0 Å². The van der Waals surface area contributed by atoms with E-state index in [-0.39, 0.29) is 29.9 Å². The number of hydrogen-bond donors (Lipinski definition) is 1. The fourth-order valence-electron chi connectivity index (χ4n) is 1.53. The molecule has 1 aromatic heterocycles. The molecule has 0 saturated heterocycles. The van der Waals surface area contributed by atoms with Crippen LogP contribution < -0.4 is 5.73 Å². The van der Waals surface area contributed by atoms with Gasteiger partial charge in [-0.2, -0.15) is 0 Å². The fourth-order valence-corrected chi connectivity index (χ4v) is 1.73. The van der Waals surface area contributed by atoms with Gasteiger partial charge in [-0.3, -0.25) is 0 Å². The van der Waals surface area contributed by atoms with E-state index in [0.717, 1.165) is 0 Å². The molecule has 76 valence electrons. The number of aromatic nitrogens is 2. The van der Waals surface area contributed by atoms with E-state index < -0.39 is 5.92 Å². The summed E-state index contributed by atoms with van der Waals surface area (Å²) >= 11 is 5.56. The smallest absolute Gasteiger partial charge is 0.249 e. The van der Waals surface area contributed by atoms with Gasteiger partial charge in [-0.05, 0) is 11.6 Å². The van der Waals surface area contributed by atoms with Gasteiger partial charge in [-0.1, -0.05) is 0 Å². The summed E-state index contributed by atoms with van der Waals surface area (Å²) in [5.74, 6) is -2.58. The van der Waals surface area contributed by atoms with E-state index in [1.807, 2.05) is 0 Å². The zero-order chi connectivity index (χ0) is 10.3. The summed E-state index contributed by atoms with van der Waals surface area (Å²) in [7, 11) is 0. The topological polar surface area (TPSA) is 51.8 Å². The van der Waals surface area contributed by atoms with Crippen molar-refractivity contribution in [3.8, 4) is 0 Å². The molecule has 0 unspecified atom stereocenters. The molecule has 0 radical (unpaired) electrons. The molecule has 1 aliphatic carbocycles. The van der Waals surface area contributed by atoms with Gasteiger partial charge in [-0.15, -0.1) is 0 Å². The first kappa shape index (κ1) is 9.58. The van der Waals surface area contributed by atoms with Gasteiger partial charge in [0.1, 0.15) is 5.82 Å². The monoisotopic (exact) mass is 219 g/mol. The Morgan fingerprint density at radius 3 is 2.57 bits per heavy atom. The summed E-state index contributed by atoms with van der Waals surface area (Å²) in [5.41, 5.74) is 5.93. The highest BCUT2D eigenvalue weighted by Gasteiger charge is 2.46. The highest BCUT2D eigenvalue weighted by atomic mass is 35.5. The van der Waals surface area contributed by atoms with E-state index in [2.05, 4.69) is 9.97 Å². The van der Waals surface area contributed by atoms with Crippen LogP contribution in [-0.4, -0.2) is 15.9 Å². The van der Waals surface area contributed by atoms with Crippen molar-refractivity contribution in [2.75, 3.05) is 5.73 Å². The first-order chi connectivity index (χ1) is 6.46. The average molecular weight is 220 g/mol. The minimum atomic E-state index is -2.56. The fraction of sp³-hybridized carbons (Fsp3) is 0.500. The molecule has 0 bridgehead atoms. The van der Waals surface area contributed by atoms with Crippen molar-refractivity contribution in [1.29, 1.82) is 0 Å². The molecular weight excluding hydrogens is 212 g/mol. The molecule has 1 aromatic rings. The molecule has 1 aliphatic rings. The minimum absolute atomic E-state index is 0.00946. The van der Waals surface area contributed by atoms with Gasteiger partial charge in [0, 0.05) is 24.8 Å². The summed E-state index contributed by atoms with van der Waals surface area (Å²) in [5, 5.41) is 0.00946. The van der Waals surface area contributed by atoms with Crippen LogP contribution in [0.5, 0.6) is 0 Å². The van der Waals surface area contributed by atoms with Gasteiger partial charge in [0.25, 0.3) is 0 Å². The third kappa shape index (κ3) is 1.77.